The first-order chi connectivity index (χ1) is 6.08. The molecule has 0 spiro atoms. The summed E-state index contributed by atoms with van der Waals surface area (Å²) < 4.78 is 4.58. The molecule has 3 heteroatoms. The van der Waals surface area contributed by atoms with Gasteiger partial charge in [-0.3, -0.25) is 0 Å². The van der Waals surface area contributed by atoms with Gasteiger partial charge in [0.05, 0.1) is 6.61 Å². The van der Waals surface area contributed by atoms with Crippen molar-refractivity contribution >= 4 is 5.97 Å². The van der Waals surface area contributed by atoms with Crippen molar-refractivity contribution in [1.82, 2.24) is 0 Å². The Balaban J connectivity index is 0. The van der Waals surface area contributed by atoms with Gasteiger partial charge in [0.2, 0.25) is 0 Å². The first-order valence-corrected chi connectivity index (χ1v) is 4.48. The molecular weight excluding hydrogens is 168 g/mol. The smallest absolute Gasteiger partial charge is 0.330 e. The van der Waals surface area contributed by atoms with Gasteiger partial charge in [0.15, 0.2) is 0 Å². The minimum Gasteiger partial charge on any atom is -0.463 e. The molecule has 0 aromatic carbocycles. The lowest BCUT2D eigenvalue weighted by Crippen LogP contribution is -1.99. The van der Waals surface area contributed by atoms with Gasteiger partial charge in [0, 0.05) is 12.7 Å². The average molecular weight is 188 g/mol. The quantitative estimate of drug-likeness (QED) is 0.540. The van der Waals surface area contributed by atoms with Crippen molar-refractivity contribution in [3.63, 3.8) is 0 Å². The van der Waals surface area contributed by atoms with Gasteiger partial charge in [0.1, 0.15) is 0 Å². The van der Waals surface area contributed by atoms with Crippen LogP contribution >= 0.6 is 0 Å². The largest absolute Gasteiger partial charge is 0.463 e. The van der Waals surface area contributed by atoms with E-state index in [0.29, 0.717) is 19.1 Å². The van der Waals surface area contributed by atoms with Gasteiger partial charge < -0.3 is 9.84 Å². The molecule has 0 amide bonds. The van der Waals surface area contributed by atoms with Crippen LogP contribution in [-0.2, 0) is 9.53 Å². The molecule has 0 unspecified atom stereocenters. The van der Waals surface area contributed by atoms with Crippen LogP contribution in [0.5, 0.6) is 0 Å². The fourth-order valence-electron chi connectivity index (χ4n) is 0.262. The molecule has 0 rings (SSSR count). The van der Waals surface area contributed by atoms with Gasteiger partial charge >= 0.3 is 5.97 Å². The molecule has 0 saturated carbocycles. The van der Waals surface area contributed by atoms with E-state index in [-0.39, 0.29) is 5.97 Å². The molecule has 1 N–H and O–H groups in total. The van der Waals surface area contributed by atoms with Crippen LogP contribution < -0.4 is 0 Å². The van der Waals surface area contributed by atoms with E-state index in [2.05, 4.69) is 11.3 Å². The van der Waals surface area contributed by atoms with Gasteiger partial charge in [-0.25, -0.2) is 4.79 Å². The monoisotopic (exact) mass is 188 g/mol. The van der Waals surface area contributed by atoms with Gasteiger partial charge in [0.25, 0.3) is 0 Å². The summed E-state index contributed by atoms with van der Waals surface area (Å²) in [5.41, 5.74) is 0. The number of hydrogen-bond acceptors (Lipinski definition) is 3. The number of rotatable bonds is 4. The van der Waals surface area contributed by atoms with E-state index < -0.39 is 0 Å². The molecule has 0 aromatic heterocycles. The number of aliphatic hydroxyl groups excluding tert-OH is 1. The molecule has 3 nitrogen and oxygen atoms in total. The highest BCUT2D eigenvalue weighted by Crippen LogP contribution is 1.83. The zero-order valence-electron chi connectivity index (χ0n) is 8.75. The third-order valence-corrected chi connectivity index (χ3v) is 0.980. The first kappa shape index (κ1) is 14.7. The number of aliphatic hydroxyl groups is 1. The fraction of sp³-hybridized carbons (Fsp3) is 0.700. The Hall–Kier alpha value is -0.830. The molecule has 0 aromatic rings. The zero-order chi connectivity index (χ0) is 10.7. The Morgan fingerprint density at radius 2 is 2.08 bits per heavy atom. The van der Waals surface area contributed by atoms with Crippen molar-refractivity contribution in [2.45, 2.75) is 27.2 Å². The van der Waals surface area contributed by atoms with E-state index in [4.69, 9.17) is 5.11 Å². The summed E-state index contributed by atoms with van der Waals surface area (Å²) in [5, 5.41) is 8.14. The summed E-state index contributed by atoms with van der Waals surface area (Å²) in [4.78, 5) is 10.2. The van der Waals surface area contributed by atoms with Gasteiger partial charge in [-0.2, -0.15) is 0 Å². The molecule has 0 bridgehead atoms. The van der Waals surface area contributed by atoms with Crippen molar-refractivity contribution in [3.05, 3.63) is 12.7 Å². The molecule has 0 heterocycles. The van der Waals surface area contributed by atoms with Crippen LogP contribution in [-0.4, -0.2) is 24.3 Å². The maximum Gasteiger partial charge on any atom is 0.330 e. The molecule has 0 saturated heterocycles. The van der Waals surface area contributed by atoms with Crippen molar-refractivity contribution in [1.29, 1.82) is 0 Å². The first-order valence-electron chi connectivity index (χ1n) is 4.48. The summed E-state index contributed by atoms with van der Waals surface area (Å²) in [6.45, 7) is 9.92. The minimum atomic E-state index is -0.341. The predicted molar refractivity (Wildman–Crippen MR) is 53.4 cm³/mol. The third kappa shape index (κ3) is 18.3. The molecule has 0 aliphatic rings. The molecular formula is C10H20O3. The maximum absolute atomic E-state index is 10.2. The number of ether oxygens (including phenoxy) is 1. The Labute approximate surface area is 80.4 Å². The van der Waals surface area contributed by atoms with Gasteiger partial charge in [-0.15, -0.1) is 0 Å². The van der Waals surface area contributed by atoms with Crippen LogP contribution in [0.4, 0.5) is 0 Å². The summed E-state index contributed by atoms with van der Waals surface area (Å²) in [6.07, 6.45) is 2.02. The lowest BCUT2D eigenvalue weighted by molar-refractivity contribution is -0.137. The van der Waals surface area contributed by atoms with E-state index in [1.807, 2.05) is 20.8 Å². The minimum absolute atomic E-state index is 0.306. The fourth-order valence-corrected chi connectivity index (χ4v) is 0.262. The maximum atomic E-state index is 10.2. The van der Waals surface area contributed by atoms with Crippen LogP contribution in [0.2, 0.25) is 0 Å². The summed E-state index contributed by atoms with van der Waals surface area (Å²) in [7, 11) is 0. The molecule has 0 fully saturated rings. The molecule has 0 aliphatic carbocycles. The van der Waals surface area contributed by atoms with Crippen LogP contribution in [0, 0.1) is 5.92 Å². The number of carbonyl (C=O) groups excluding carboxylic acids is 1. The number of hydrogen-bond donors (Lipinski definition) is 1. The van der Waals surface area contributed by atoms with Crippen LogP contribution in [0.25, 0.3) is 0 Å². The van der Waals surface area contributed by atoms with E-state index >= 15 is 0 Å². The molecule has 0 radical (unpaired) electrons. The lowest BCUT2D eigenvalue weighted by atomic mass is 10.2. The van der Waals surface area contributed by atoms with Crippen LogP contribution in [0.3, 0.4) is 0 Å². The molecule has 78 valence electrons. The normalized spacial score (nSPS) is 8.69. The van der Waals surface area contributed by atoms with Crippen molar-refractivity contribution in [3.8, 4) is 0 Å². The van der Waals surface area contributed by atoms with E-state index in [1.165, 1.54) is 0 Å². The Kier molecular flexibility index (Phi) is 12.6. The average Bonchev–Trinajstić information content (AvgIpc) is 2.15. The zero-order valence-corrected chi connectivity index (χ0v) is 8.75. The summed E-state index contributed by atoms with van der Waals surface area (Å²) >= 11 is 0. The molecule has 0 aliphatic heterocycles. The Morgan fingerprint density at radius 1 is 1.62 bits per heavy atom. The van der Waals surface area contributed by atoms with Crippen LogP contribution in [0.1, 0.15) is 27.2 Å². The predicted octanol–water partition coefficient (Wildman–Crippen LogP) is 1.76. The number of esters is 1. The second-order valence-corrected chi connectivity index (χ2v) is 2.95. The van der Waals surface area contributed by atoms with Crippen molar-refractivity contribution < 1.29 is 14.6 Å². The van der Waals surface area contributed by atoms with Crippen LogP contribution in [0.15, 0.2) is 12.7 Å². The second-order valence-electron chi connectivity index (χ2n) is 2.95. The molecule has 0 atom stereocenters. The standard InChI is InChI=1S/C6H10O2.C4H10O/c1-3-5-8-6(7)4-2;1-4(2)3-5/h4H,2-3,5H2,1H3;4-5H,3H2,1-2H3. The highest BCUT2D eigenvalue weighted by Gasteiger charge is 1.89. The third-order valence-electron chi connectivity index (χ3n) is 0.980. The van der Waals surface area contributed by atoms with Gasteiger partial charge in [-0.05, 0) is 12.3 Å². The lowest BCUT2D eigenvalue weighted by Gasteiger charge is -1.94. The topological polar surface area (TPSA) is 46.5 Å². The highest BCUT2D eigenvalue weighted by molar-refractivity contribution is 5.81. The van der Waals surface area contributed by atoms with E-state index in [9.17, 15) is 4.79 Å². The summed E-state index contributed by atoms with van der Waals surface area (Å²) in [6, 6.07) is 0. The Morgan fingerprint density at radius 3 is 2.31 bits per heavy atom. The van der Waals surface area contributed by atoms with E-state index in [0.717, 1.165) is 12.5 Å². The van der Waals surface area contributed by atoms with Crippen molar-refractivity contribution in [2.24, 2.45) is 5.92 Å². The second kappa shape index (κ2) is 11.2. The van der Waals surface area contributed by atoms with E-state index in [1.54, 1.807) is 0 Å². The van der Waals surface area contributed by atoms with Gasteiger partial charge in [-0.1, -0.05) is 27.4 Å². The van der Waals surface area contributed by atoms with Crippen molar-refractivity contribution in [2.75, 3.05) is 13.2 Å². The molecule has 13 heavy (non-hydrogen) atoms. The SMILES string of the molecule is C=CC(=O)OCCC.CC(C)CO. The Bertz CT molecular complexity index is 130. The number of carbonyl (C=O) groups is 1. The highest BCUT2D eigenvalue weighted by atomic mass is 16.5. The summed E-state index contributed by atoms with van der Waals surface area (Å²) in [5.74, 6) is 0.0989.